The molecular formula is C14H16N2O4. The van der Waals surface area contributed by atoms with Crippen LogP contribution in [0.5, 0.6) is 0 Å². The third-order valence-corrected chi connectivity index (χ3v) is 3.38. The molecule has 2 amide bonds. The average molecular weight is 276 g/mol. The summed E-state index contributed by atoms with van der Waals surface area (Å²) in [5.41, 5.74) is 1.41. The molecule has 1 heterocycles. The van der Waals surface area contributed by atoms with Gasteiger partial charge in [0.25, 0.3) is 0 Å². The summed E-state index contributed by atoms with van der Waals surface area (Å²) in [5.74, 6) is -1.56. The minimum absolute atomic E-state index is 0.0434. The molecule has 1 fully saturated rings. The molecule has 6 heteroatoms. The summed E-state index contributed by atoms with van der Waals surface area (Å²) in [6.07, 6.45) is 0.849. The molecule has 1 unspecified atom stereocenters. The zero-order valence-electron chi connectivity index (χ0n) is 11.1. The number of piperidine rings is 1. The van der Waals surface area contributed by atoms with Crippen molar-refractivity contribution in [1.29, 1.82) is 0 Å². The van der Waals surface area contributed by atoms with Gasteiger partial charge in [-0.3, -0.25) is 9.59 Å². The van der Waals surface area contributed by atoms with Gasteiger partial charge in [-0.05, 0) is 31.0 Å². The van der Waals surface area contributed by atoms with Gasteiger partial charge in [0.15, 0.2) is 0 Å². The summed E-state index contributed by atoms with van der Waals surface area (Å²) in [7, 11) is 0. The van der Waals surface area contributed by atoms with Gasteiger partial charge in [-0.1, -0.05) is 6.07 Å². The summed E-state index contributed by atoms with van der Waals surface area (Å²) >= 11 is 0. The lowest BCUT2D eigenvalue weighted by molar-refractivity contribution is -0.126. The number of aromatic carboxylic acids is 1. The van der Waals surface area contributed by atoms with Crippen molar-refractivity contribution in [2.75, 3.05) is 11.9 Å². The molecule has 0 aliphatic carbocycles. The summed E-state index contributed by atoms with van der Waals surface area (Å²) in [6, 6.07) is 4.59. The molecule has 106 valence electrons. The minimum Gasteiger partial charge on any atom is -0.478 e. The van der Waals surface area contributed by atoms with Crippen molar-refractivity contribution in [1.82, 2.24) is 5.32 Å². The maximum Gasteiger partial charge on any atom is 0.335 e. The van der Waals surface area contributed by atoms with Crippen LogP contribution < -0.4 is 10.6 Å². The number of carboxylic acid groups (broad SMARTS) is 1. The third kappa shape index (κ3) is 3.14. The van der Waals surface area contributed by atoms with Gasteiger partial charge in [0.2, 0.25) is 11.8 Å². The Morgan fingerprint density at radius 1 is 1.40 bits per heavy atom. The fourth-order valence-electron chi connectivity index (χ4n) is 2.08. The SMILES string of the molecule is Cc1ccc(C(=O)O)cc1NC(=O)C1CCC(=O)NC1. The van der Waals surface area contributed by atoms with Crippen molar-refractivity contribution >= 4 is 23.5 Å². The lowest BCUT2D eigenvalue weighted by Gasteiger charge is -2.22. The molecule has 2 rings (SSSR count). The first-order valence-electron chi connectivity index (χ1n) is 6.39. The van der Waals surface area contributed by atoms with Gasteiger partial charge in [-0.15, -0.1) is 0 Å². The Kier molecular flexibility index (Phi) is 4.02. The molecule has 1 saturated heterocycles. The molecule has 0 bridgehead atoms. The Morgan fingerprint density at radius 3 is 2.75 bits per heavy atom. The first-order valence-corrected chi connectivity index (χ1v) is 6.39. The Hall–Kier alpha value is -2.37. The largest absolute Gasteiger partial charge is 0.478 e. The number of carbonyl (C=O) groups excluding carboxylic acids is 2. The van der Waals surface area contributed by atoms with E-state index in [2.05, 4.69) is 10.6 Å². The van der Waals surface area contributed by atoms with Crippen molar-refractivity contribution in [3.8, 4) is 0 Å². The molecule has 6 nitrogen and oxygen atoms in total. The van der Waals surface area contributed by atoms with E-state index in [-0.39, 0.29) is 23.3 Å². The highest BCUT2D eigenvalue weighted by Gasteiger charge is 2.24. The number of rotatable bonds is 3. The molecule has 3 N–H and O–H groups in total. The Bertz CT molecular complexity index is 558. The second-order valence-corrected chi connectivity index (χ2v) is 4.86. The van der Waals surface area contributed by atoms with E-state index in [1.165, 1.54) is 12.1 Å². The van der Waals surface area contributed by atoms with Crippen LogP contribution in [0, 0.1) is 12.8 Å². The number of carboxylic acids is 1. The van der Waals surface area contributed by atoms with Gasteiger partial charge in [0.1, 0.15) is 0 Å². The molecule has 0 saturated carbocycles. The molecule has 1 aliphatic heterocycles. The lowest BCUT2D eigenvalue weighted by Crippen LogP contribution is -2.40. The van der Waals surface area contributed by atoms with Crippen LogP contribution in [-0.4, -0.2) is 29.4 Å². The fourth-order valence-corrected chi connectivity index (χ4v) is 2.08. The number of anilines is 1. The molecule has 1 aliphatic rings. The predicted molar refractivity (Wildman–Crippen MR) is 72.5 cm³/mol. The first-order chi connectivity index (χ1) is 9.47. The molecule has 1 aromatic carbocycles. The van der Waals surface area contributed by atoms with E-state index in [4.69, 9.17) is 5.11 Å². The van der Waals surface area contributed by atoms with Crippen LogP contribution in [0.15, 0.2) is 18.2 Å². The zero-order valence-corrected chi connectivity index (χ0v) is 11.1. The smallest absolute Gasteiger partial charge is 0.335 e. The zero-order chi connectivity index (χ0) is 14.7. The van der Waals surface area contributed by atoms with E-state index in [1.807, 2.05) is 0 Å². The van der Waals surface area contributed by atoms with Crippen LogP contribution in [0.1, 0.15) is 28.8 Å². The quantitative estimate of drug-likeness (QED) is 0.772. The predicted octanol–water partition coefficient (Wildman–Crippen LogP) is 1.16. The van der Waals surface area contributed by atoms with Gasteiger partial charge in [-0.25, -0.2) is 4.79 Å². The maximum absolute atomic E-state index is 12.1. The Morgan fingerprint density at radius 2 is 2.15 bits per heavy atom. The van der Waals surface area contributed by atoms with E-state index in [0.29, 0.717) is 25.1 Å². The molecule has 0 radical (unpaired) electrons. The van der Waals surface area contributed by atoms with Gasteiger partial charge < -0.3 is 15.7 Å². The number of carbonyl (C=O) groups is 3. The van der Waals surface area contributed by atoms with E-state index >= 15 is 0 Å². The Labute approximate surface area is 116 Å². The van der Waals surface area contributed by atoms with Gasteiger partial charge in [0, 0.05) is 18.7 Å². The number of hydrogen-bond acceptors (Lipinski definition) is 3. The van der Waals surface area contributed by atoms with Crippen molar-refractivity contribution in [3.63, 3.8) is 0 Å². The molecule has 20 heavy (non-hydrogen) atoms. The highest BCUT2D eigenvalue weighted by Crippen LogP contribution is 2.19. The summed E-state index contributed by atoms with van der Waals surface area (Å²) in [5, 5.41) is 14.3. The van der Waals surface area contributed by atoms with Crippen LogP contribution in [0.2, 0.25) is 0 Å². The second kappa shape index (κ2) is 5.73. The minimum atomic E-state index is -1.04. The molecular weight excluding hydrogens is 260 g/mol. The van der Waals surface area contributed by atoms with Crippen LogP contribution >= 0.6 is 0 Å². The second-order valence-electron chi connectivity index (χ2n) is 4.86. The molecule has 0 aromatic heterocycles. The highest BCUT2D eigenvalue weighted by atomic mass is 16.4. The van der Waals surface area contributed by atoms with Crippen LogP contribution in [0.25, 0.3) is 0 Å². The van der Waals surface area contributed by atoms with Crippen molar-refractivity contribution in [3.05, 3.63) is 29.3 Å². The standard InChI is InChI=1S/C14H16N2O4/c1-8-2-3-9(14(19)20)6-11(8)16-13(18)10-4-5-12(17)15-7-10/h2-3,6,10H,4-5,7H2,1H3,(H,15,17)(H,16,18)(H,19,20). The van der Waals surface area contributed by atoms with Gasteiger partial charge >= 0.3 is 5.97 Å². The highest BCUT2D eigenvalue weighted by molar-refractivity contribution is 5.96. The average Bonchev–Trinajstić information content (AvgIpc) is 2.41. The number of nitrogens with one attached hydrogen (secondary N) is 2. The van der Waals surface area contributed by atoms with Crippen LogP contribution in [-0.2, 0) is 9.59 Å². The first kappa shape index (κ1) is 14.0. The number of hydrogen-bond donors (Lipinski definition) is 3. The van der Waals surface area contributed by atoms with Crippen LogP contribution in [0.4, 0.5) is 5.69 Å². The molecule has 0 spiro atoms. The van der Waals surface area contributed by atoms with Gasteiger partial charge in [0.05, 0.1) is 11.5 Å². The normalized spacial score (nSPS) is 18.2. The van der Waals surface area contributed by atoms with Crippen molar-refractivity contribution in [2.24, 2.45) is 5.92 Å². The summed E-state index contributed by atoms with van der Waals surface area (Å²) < 4.78 is 0. The monoisotopic (exact) mass is 276 g/mol. The van der Waals surface area contributed by atoms with Crippen LogP contribution in [0.3, 0.4) is 0 Å². The van der Waals surface area contributed by atoms with Gasteiger partial charge in [-0.2, -0.15) is 0 Å². The Balaban J connectivity index is 2.09. The summed E-state index contributed by atoms with van der Waals surface area (Å²) in [6.45, 7) is 2.12. The fraction of sp³-hybridized carbons (Fsp3) is 0.357. The van der Waals surface area contributed by atoms with E-state index in [9.17, 15) is 14.4 Å². The number of amides is 2. The number of benzene rings is 1. The van der Waals surface area contributed by atoms with E-state index < -0.39 is 5.97 Å². The van der Waals surface area contributed by atoms with E-state index in [1.54, 1.807) is 13.0 Å². The van der Waals surface area contributed by atoms with Crippen molar-refractivity contribution < 1.29 is 19.5 Å². The van der Waals surface area contributed by atoms with E-state index in [0.717, 1.165) is 5.56 Å². The van der Waals surface area contributed by atoms with Crippen molar-refractivity contribution in [2.45, 2.75) is 19.8 Å². The topological polar surface area (TPSA) is 95.5 Å². The lowest BCUT2D eigenvalue weighted by atomic mass is 9.98. The maximum atomic E-state index is 12.1. The molecule has 1 aromatic rings. The molecule has 1 atom stereocenters. The third-order valence-electron chi connectivity index (χ3n) is 3.38. The summed E-state index contributed by atoms with van der Waals surface area (Å²) in [4.78, 5) is 34.1. The number of aryl methyl sites for hydroxylation is 1.